The van der Waals surface area contributed by atoms with Crippen LogP contribution in [0, 0.1) is 6.92 Å². The number of thiazole rings is 1. The summed E-state index contributed by atoms with van der Waals surface area (Å²) >= 11 is 9.11. The first-order chi connectivity index (χ1) is 14.6. The van der Waals surface area contributed by atoms with Crippen LogP contribution in [0.25, 0.3) is 5.69 Å². The molecule has 4 rings (SSSR count). The monoisotopic (exact) mass is 455 g/mol. The molecular formula is C21H18ClN5OS2. The highest BCUT2D eigenvalue weighted by molar-refractivity contribution is 7.98. The molecule has 30 heavy (non-hydrogen) atoms. The Morgan fingerprint density at radius 2 is 2.10 bits per heavy atom. The molecule has 0 bridgehead atoms. The van der Waals surface area contributed by atoms with Gasteiger partial charge in [0.25, 0.3) is 0 Å². The van der Waals surface area contributed by atoms with Gasteiger partial charge in [-0.3, -0.25) is 9.36 Å². The van der Waals surface area contributed by atoms with Gasteiger partial charge in [0.15, 0.2) is 5.16 Å². The Balaban J connectivity index is 1.36. The molecule has 1 amide bonds. The first-order valence-electron chi connectivity index (χ1n) is 9.16. The summed E-state index contributed by atoms with van der Waals surface area (Å²) in [6.07, 6.45) is 1.92. The number of carbonyl (C=O) groups excluding carboxylic acids is 1. The van der Waals surface area contributed by atoms with E-state index in [9.17, 15) is 4.79 Å². The van der Waals surface area contributed by atoms with E-state index in [1.807, 2.05) is 65.4 Å². The van der Waals surface area contributed by atoms with Crippen LogP contribution < -0.4 is 5.32 Å². The van der Waals surface area contributed by atoms with E-state index in [2.05, 4.69) is 20.5 Å². The number of hydrogen-bond donors (Lipinski definition) is 1. The predicted molar refractivity (Wildman–Crippen MR) is 122 cm³/mol. The first kappa shape index (κ1) is 20.6. The van der Waals surface area contributed by atoms with Crippen LogP contribution in [0.15, 0.2) is 65.4 Å². The van der Waals surface area contributed by atoms with E-state index in [4.69, 9.17) is 11.6 Å². The number of para-hydroxylation sites is 1. The molecule has 0 atom stereocenters. The normalized spacial score (nSPS) is 10.9. The van der Waals surface area contributed by atoms with E-state index in [-0.39, 0.29) is 12.3 Å². The van der Waals surface area contributed by atoms with Crippen LogP contribution in [0.4, 0.5) is 5.69 Å². The number of nitrogens with zero attached hydrogens (tertiary/aromatic N) is 4. The van der Waals surface area contributed by atoms with E-state index in [1.54, 1.807) is 6.33 Å². The van der Waals surface area contributed by atoms with Gasteiger partial charge >= 0.3 is 0 Å². The second-order valence-electron chi connectivity index (χ2n) is 6.52. The highest BCUT2D eigenvalue weighted by Crippen LogP contribution is 2.25. The van der Waals surface area contributed by atoms with Gasteiger partial charge in [-0.2, -0.15) is 0 Å². The molecule has 2 heterocycles. The zero-order chi connectivity index (χ0) is 20.9. The van der Waals surface area contributed by atoms with Crippen LogP contribution in [0.5, 0.6) is 0 Å². The highest BCUT2D eigenvalue weighted by atomic mass is 35.5. The fourth-order valence-corrected chi connectivity index (χ4v) is 4.71. The summed E-state index contributed by atoms with van der Waals surface area (Å²) in [5.41, 5.74) is 3.67. The number of rotatable bonds is 7. The molecule has 152 valence electrons. The number of nitrogens with one attached hydrogen (secondary N) is 1. The van der Waals surface area contributed by atoms with E-state index in [0.29, 0.717) is 10.8 Å². The summed E-state index contributed by atoms with van der Waals surface area (Å²) in [4.78, 5) is 16.9. The maximum atomic E-state index is 12.3. The summed E-state index contributed by atoms with van der Waals surface area (Å²) in [5, 5.41) is 15.3. The molecule has 0 saturated carbocycles. The van der Waals surface area contributed by atoms with Crippen molar-refractivity contribution in [1.29, 1.82) is 0 Å². The van der Waals surface area contributed by atoms with Crippen molar-refractivity contribution >= 4 is 46.3 Å². The van der Waals surface area contributed by atoms with Crippen molar-refractivity contribution in [3.8, 4) is 5.69 Å². The number of anilines is 1. The molecular weight excluding hydrogens is 438 g/mol. The third-order valence-electron chi connectivity index (χ3n) is 4.28. The lowest BCUT2D eigenvalue weighted by molar-refractivity contribution is -0.115. The molecule has 9 heteroatoms. The second kappa shape index (κ2) is 9.42. The Morgan fingerprint density at radius 1 is 1.23 bits per heavy atom. The maximum absolute atomic E-state index is 12.3. The van der Waals surface area contributed by atoms with Crippen LogP contribution in [-0.2, 0) is 17.0 Å². The van der Waals surface area contributed by atoms with Crippen molar-refractivity contribution in [1.82, 2.24) is 19.7 Å². The molecule has 0 radical (unpaired) electrons. The molecule has 1 N–H and O–H groups in total. The third kappa shape index (κ3) is 5.08. The van der Waals surface area contributed by atoms with E-state index in [0.717, 1.165) is 32.8 Å². The average molecular weight is 456 g/mol. The summed E-state index contributed by atoms with van der Waals surface area (Å²) in [7, 11) is 0. The minimum Gasteiger partial charge on any atom is -0.325 e. The number of aromatic nitrogens is 4. The maximum Gasteiger partial charge on any atom is 0.231 e. The van der Waals surface area contributed by atoms with Crippen molar-refractivity contribution < 1.29 is 4.79 Å². The van der Waals surface area contributed by atoms with Crippen LogP contribution >= 0.6 is 34.7 Å². The minimum atomic E-state index is -0.0708. The SMILES string of the molecule is Cc1ccccc1NC(=O)Cc1nc(CSc2nncn2-c2cccc(Cl)c2)cs1. The van der Waals surface area contributed by atoms with Gasteiger partial charge < -0.3 is 5.32 Å². The quantitative estimate of drug-likeness (QED) is 0.390. The number of carbonyl (C=O) groups is 1. The number of thioether (sulfide) groups is 1. The smallest absolute Gasteiger partial charge is 0.231 e. The van der Waals surface area contributed by atoms with Crippen molar-refractivity contribution in [2.24, 2.45) is 0 Å². The standard InChI is InChI=1S/C21H18ClN5OS2/c1-14-5-2-3-8-18(14)25-19(28)10-20-24-16(11-29-20)12-30-21-26-23-13-27(21)17-7-4-6-15(22)9-17/h2-9,11,13H,10,12H2,1H3,(H,25,28). The van der Waals surface area contributed by atoms with Gasteiger partial charge in [-0.1, -0.05) is 47.6 Å². The van der Waals surface area contributed by atoms with Crippen molar-refractivity contribution in [3.63, 3.8) is 0 Å². The number of benzene rings is 2. The summed E-state index contributed by atoms with van der Waals surface area (Å²) in [6.45, 7) is 1.97. The van der Waals surface area contributed by atoms with E-state index < -0.39 is 0 Å². The molecule has 6 nitrogen and oxygen atoms in total. The van der Waals surface area contributed by atoms with Crippen molar-refractivity contribution in [2.45, 2.75) is 24.3 Å². The molecule has 0 aliphatic carbocycles. The third-order valence-corrected chi connectivity index (χ3v) is 6.39. The number of amides is 1. The minimum absolute atomic E-state index is 0.0708. The van der Waals surface area contributed by atoms with Crippen molar-refractivity contribution in [2.75, 3.05) is 5.32 Å². The molecule has 2 aromatic heterocycles. The van der Waals surface area contributed by atoms with Crippen molar-refractivity contribution in [3.05, 3.63) is 81.5 Å². The Kier molecular flexibility index (Phi) is 6.47. The van der Waals surface area contributed by atoms with Gasteiger partial charge in [0, 0.05) is 21.8 Å². The van der Waals surface area contributed by atoms with Crippen LogP contribution in [0.3, 0.4) is 0 Å². The fourth-order valence-electron chi connectivity index (χ4n) is 2.81. The van der Waals surface area contributed by atoms with Crippen LogP contribution in [0.2, 0.25) is 5.02 Å². The zero-order valence-corrected chi connectivity index (χ0v) is 18.5. The first-order valence-corrected chi connectivity index (χ1v) is 11.4. The van der Waals surface area contributed by atoms with E-state index in [1.165, 1.54) is 23.1 Å². The molecule has 2 aromatic carbocycles. The van der Waals surface area contributed by atoms with Gasteiger partial charge in [0.05, 0.1) is 17.8 Å². The highest BCUT2D eigenvalue weighted by Gasteiger charge is 2.12. The number of hydrogen-bond acceptors (Lipinski definition) is 6. The largest absolute Gasteiger partial charge is 0.325 e. The summed E-state index contributed by atoms with van der Waals surface area (Å²) in [6, 6.07) is 15.3. The molecule has 0 fully saturated rings. The second-order valence-corrected chi connectivity index (χ2v) is 8.85. The molecule has 0 aliphatic heterocycles. The van der Waals surface area contributed by atoms with E-state index >= 15 is 0 Å². The number of halogens is 1. The van der Waals surface area contributed by atoms with Crippen LogP contribution in [0.1, 0.15) is 16.3 Å². The summed E-state index contributed by atoms with van der Waals surface area (Å²) in [5.74, 6) is 0.563. The lowest BCUT2D eigenvalue weighted by atomic mass is 10.2. The van der Waals surface area contributed by atoms with Gasteiger partial charge in [-0.25, -0.2) is 4.98 Å². The Labute approximate surface area is 187 Å². The average Bonchev–Trinajstić information content (AvgIpc) is 3.37. The molecule has 0 spiro atoms. The fraction of sp³-hybridized carbons (Fsp3) is 0.143. The molecule has 4 aromatic rings. The van der Waals surface area contributed by atoms with Gasteiger partial charge in [-0.15, -0.1) is 21.5 Å². The Hall–Kier alpha value is -2.68. The molecule has 0 aliphatic rings. The predicted octanol–water partition coefficient (Wildman–Crippen LogP) is 5.16. The Morgan fingerprint density at radius 3 is 2.93 bits per heavy atom. The van der Waals surface area contributed by atoms with Gasteiger partial charge in [0.2, 0.25) is 5.91 Å². The zero-order valence-electron chi connectivity index (χ0n) is 16.1. The van der Waals surface area contributed by atoms with Gasteiger partial charge in [0.1, 0.15) is 11.3 Å². The Bertz CT molecular complexity index is 1170. The molecule has 0 unspecified atom stereocenters. The topological polar surface area (TPSA) is 72.7 Å². The van der Waals surface area contributed by atoms with Gasteiger partial charge in [-0.05, 0) is 36.8 Å². The summed E-state index contributed by atoms with van der Waals surface area (Å²) < 4.78 is 1.89. The number of aryl methyl sites for hydroxylation is 1. The van der Waals surface area contributed by atoms with Crippen LogP contribution in [-0.4, -0.2) is 25.7 Å². The molecule has 0 saturated heterocycles. The lowest BCUT2D eigenvalue weighted by Crippen LogP contribution is -2.15. The lowest BCUT2D eigenvalue weighted by Gasteiger charge is -2.06.